The van der Waals surface area contributed by atoms with Gasteiger partial charge in [-0.3, -0.25) is 0 Å². The van der Waals surface area contributed by atoms with Gasteiger partial charge in [0.05, 0.1) is 6.07 Å². The van der Waals surface area contributed by atoms with Gasteiger partial charge in [-0.2, -0.15) is 5.26 Å². The second kappa shape index (κ2) is 10.4. The Balaban J connectivity index is 0. The summed E-state index contributed by atoms with van der Waals surface area (Å²) in [5.41, 5.74) is 5.17. The maximum absolute atomic E-state index is 7.62. The fourth-order valence-electron chi connectivity index (χ4n) is 0. The van der Waals surface area contributed by atoms with E-state index in [0.29, 0.717) is 12.3 Å². The summed E-state index contributed by atoms with van der Waals surface area (Å²) in [6, 6.07) is 1.93. The van der Waals surface area contributed by atoms with Crippen molar-refractivity contribution in [3.63, 3.8) is 0 Å². The fraction of sp³-hybridized carbons (Fsp3) is 0.857. The second-order valence-corrected chi connectivity index (χ2v) is 2.14. The van der Waals surface area contributed by atoms with Crippen LogP contribution in [0.3, 0.4) is 0 Å². The molecule has 2 N–H and O–H groups in total. The van der Waals surface area contributed by atoms with E-state index >= 15 is 0 Å². The third-order valence-corrected chi connectivity index (χ3v) is 0.630. The highest BCUT2D eigenvalue weighted by atomic mass is 14.5. The average Bonchev–Trinajstić information content (AvgIpc) is 1.89. The first-order valence-electron chi connectivity index (χ1n) is 3.26. The summed E-state index contributed by atoms with van der Waals surface area (Å²) in [5.74, 6) is 0.662. The van der Waals surface area contributed by atoms with E-state index in [4.69, 9.17) is 11.0 Å². The minimum Gasteiger partial charge on any atom is -0.330 e. The number of hydrogen-bond donors (Lipinski definition) is 1. The van der Waals surface area contributed by atoms with Crippen LogP contribution in [0, 0.1) is 17.2 Å². The highest BCUT2D eigenvalue weighted by Gasteiger charge is 1.80. The summed E-state index contributed by atoms with van der Waals surface area (Å²) in [6.07, 6.45) is 0.625. The van der Waals surface area contributed by atoms with Crippen molar-refractivity contribution in [2.24, 2.45) is 11.7 Å². The number of nitriles is 1. The summed E-state index contributed by atoms with van der Waals surface area (Å²) < 4.78 is 0. The van der Waals surface area contributed by atoms with Gasteiger partial charge in [0.15, 0.2) is 0 Å². The first kappa shape index (κ1) is 11.3. The largest absolute Gasteiger partial charge is 0.330 e. The molecule has 0 heterocycles. The van der Waals surface area contributed by atoms with E-state index in [9.17, 15) is 0 Å². The smallest absolute Gasteiger partial charge is 0.0618 e. The van der Waals surface area contributed by atoms with Gasteiger partial charge in [0.1, 0.15) is 0 Å². The summed E-state index contributed by atoms with van der Waals surface area (Å²) in [5, 5.41) is 7.62. The van der Waals surface area contributed by atoms with Crippen LogP contribution in [0.15, 0.2) is 0 Å². The van der Waals surface area contributed by atoms with E-state index < -0.39 is 0 Å². The van der Waals surface area contributed by atoms with Crippen LogP contribution in [0.4, 0.5) is 0 Å². The quantitative estimate of drug-likeness (QED) is 0.582. The van der Waals surface area contributed by atoms with Gasteiger partial charge in [-0.15, -0.1) is 0 Å². The van der Waals surface area contributed by atoms with Crippen molar-refractivity contribution >= 4 is 0 Å². The lowest BCUT2D eigenvalue weighted by molar-refractivity contribution is 0.664. The standard InChI is InChI=1S/C4H11N.C3H5N/c1-4(2)3-5;1-2-3-4/h4H,3,5H2,1-2H3;2H2,1H3. The molecule has 0 unspecified atom stereocenters. The van der Waals surface area contributed by atoms with Crippen LogP contribution in [-0.4, -0.2) is 6.54 Å². The third kappa shape index (κ3) is 36.9. The van der Waals surface area contributed by atoms with Crippen LogP contribution < -0.4 is 5.73 Å². The van der Waals surface area contributed by atoms with Crippen molar-refractivity contribution in [1.29, 1.82) is 5.26 Å². The summed E-state index contributed by atoms with van der Waals surface area (Å²) >= 11 is 0. The predicted octanol–water partition coefficient (Wildman–Crippen LogP) is 1.52. The van der Waals surface area contributed by atoms with Gasteiger partial charge < -0.3 is 5.73 Å². The van der Waals surface area contributed by atoms with Crippen molar-refractivity contribution in [1.82, 2.24) is 0 Å². The fourth-order valence-corrected chi connectivity index (χ4v) is 0. The Labute approximate surface area is 57.7 Å². The molecule has 0 saturated heterocycles. The molecule has 2 nitrogen and oxygen atoms in total. The molecule has 0 aromatic rings. The minimum atomic E-state index is 0.625. The summed E-state index contributed by atoms with van der Waals surface area (Å²) in [7, 11) is 0. The lowest BCUT2D eigenvalue weighted by Gasteiger charge is -1.91. The molecule has 0 aliphatic heterocycles. The Hall–Kier alpha value is -0.550. The van der Waals surface area contributed by atoms with Crippen LogP contribution in [0.1, 0.15) is 27.2 Å². The maximum Gasteiger partial charge on any atom is 0.0618 e. The molecule has 0 amide bonds. The predicted molar refractivity (Wildman–Crippen MR) is 39.8 cm³/mol. The van der Waals surface area contributed by atoms with Gasteiger partial charge in [-0.1, -0.05) is 20.8 Å². The zero-order valence-corrected chi connectivity index (χ0v) is 6.52. The van der Waals surface area contributed by atoms with Crippen molar-refractivity contribution < 1.29 is 0 Å². The Morgan fingerprint density at radius 2 is 1.78 bits per heavy atom. The molecule has 0 aromatic heterocycles. The van der Waals surface area contributed by atoms with E-state index in [0.717, 1.165) is 6.54 Å². The molecule has 9 heavy (non-hydrogen) atoms. The number of nitrogens with two attached hydrogens (primary N) is 1. The summed E-state index contributed by atoms with van der Waals surface area (Å²) in [4.78, 5) is 0. The monoisotopic (exact) mass is 128 g/mol. The van der Waals surface area contributed by atoms with Crippen LogP contribution in [0.5, 0.6) is 0 Å². The maximum atomic E-state index is 7.62. The molecule has 2 heteroatoms. The van der Waals surface area contributed by atoms with E-state index in [-0.39, 0.29) is 0 Å². The zero-order chi connectivity index (χ0) is 7.70. The highest BCUT2D eigenvalue weighted by molar-refractivity contribution is 4.61. The number of hydrogen-bond acceptors (Lipinski definition) is 2. The Kier molecular flexibility index (Phi) is 13.1. The molecular formula is C7H16N2. The van der Waals surface area contributed by atoms with E-state index in [1.165, 1.54) is 0 Å². The molecule has 0 rings (SSSR count). The van der Waals surface area contributed by atoms with Crippen molar-refractivity contribution in [2.75, 3.05) is 6.54 Å². The molecule has 0 bridgehead atoms. The molecule has 0 aliphatic carbocycles. The van der Waals surface area contributed by atoms with Crippen LogP contribution in [0.25, 0.3) is 0 Å². The lowest BCUT2D eigenvalue weighted by Crippen LogP contribution is -2.05. The molecule has 0 saturated carbocycles. The second-order valence-electron chi connectivity index (χ2n) is 2.14. The Morgan fingerprint density at radius 3 is 1.78 bits per heavy atom. The normalized spacial score (nSPS) is 7.56. The number of nitrogens with zero attached hydrogens (tertiary/aromatic N) is 1. The van der Waals surface area contributed by atoms with Crippen LogP contribution in [0.2, 0.25) is 0 Å². The molecule has 54 valence electrons. The van der Waals surface area contributed by atoms with Crippen LogP contribution >= 0.6 is 0 Å². The zero-order valence-electron chi connectivity index (χ0n) is 6.52. The van der Waals surface area contributed by atoms with Gasteiger partial charge in [-0.05, 0) is 12.5 Å². The van der Waals surface area contributed by atoms with Gasteiger partial charge in [0, 0.05) is 6.42 Å². The number of rotatable bonds is 1. The molecular weight excluding hydrogens is 112 g/mol. The van der Waals surface area contributed by atoms with Crippen molar-refractivity contribution in [2.45, 2.75) is 27.2 Å². The van der Waals surface area contributed by atoms with Gasteiger partial charge in [-0.25, -0.2) is 0 Å². The Morgan fingerprint density at radius 1 is 1.56 bits per heavy atom. The molecule has 0 fully saturated rings. The molecule has 0 aliphatic rings. The molecule has 0 radical (unpaired) electrons. The SMILES string of the molecule is CC(C)CN.CCC#N. The summed E-state index contributed by atoms with van der Waals surface area (Å²) in [6.45, 7) is 6.82. The van der Waals surface area contributed by atoms with Gasteiger partial charge in [0.2, 0.25) is 0 Å². The third-order valence-electron chi connectivity index (χ3n) is 0.630. The van der Waals surface area contributed by atoms with Gasteiger partial charge in [0.25, 0.3) is 0 Å². The van der Waals surface area contributed by atoms with Crippen molar-refractivity contribution in [3.8, 4) is 6.07 Å². The first-order chi connectivity index (χ1) is 4.18. The Bertz CT molecular complexity index is 71.5. The first-order valence-corrected chi connectivity index (χ1v) is 3.26. The van der Waals surface area contributed by atoms with E-state index in [2.05, 4.69) is 13.8 Å². The van der Waals surface area contributed by atoms with E-state index in [1.807, 2.05) is 13.0 Å². The van der Waals surface area contributed by atoms with E-state index in [1.54, 1.807) is 0 Å². The lowest BCUT2D eigenvalue weighted by atomic mass is 10.2. The molecule has 0 aromatic carbocycles. The topological polar surface area (TPSA) is 49.8 Å². The van der Waals surface area contributed by atoms with Crippen LogP contribution in [-0.2, 0) is 0 Å². The average molecular weight is 128 g/mol. The molecule has 0 atom stereocenters. The van der Waals surface area contributed by atoms with Gasteiger partial charge >= 0.3 is 0 Å². The highest BCUT2D eigenvalue weighted by Crippen LogP contribution is 1.81. The minimum absolute atomic E-state index is 0.625. The molecule has 0 spiro atoms. The van der Waals surface area contributed by atoms with Crippen molar-refractivity contribution in [3.05, 3.63) is 0 Å².